The van der Waals surface area contributed by atoms with Crippen LogP contribution in [0.5, 0.6) is 0 Å². The molecule has 6 heteroatoms. The van der Waals surface area contributed by atoms with Crippen molar-refractivity contribution in [2.45, 2.75) is 0 Å². The van der Waals surface area contributed by atoms with Crippen molar-refractivity contribution >= 4 is 64.9 Å². The monoisotopic (exact) mass is 992 g/mol. The largest absolute Gasteiger partial charge is 0.256 e. The summed E-state index contributed by atoms with van der Waals surface area (Å²) in [5, 5.41) is 11.5. The fraction of sp³-hybridized carbons (Fsp3) is 0. The molecule has 0 atom stereocenters. The molecule has 0 amide bonds. The lowest BCUT2D eigenvalue weighted by Gasteiger charge is -2.15. The highest BCUT2D eigenvalue weighted by Crippen LogP contribution is 2.40. The zero-order valence-corrected chi connectivity index (χ0v) is 42.1. The minimum Gasteiger partial charge on any atom is -0.256 e. The number of fused-ring (bicyclic) bond motifs is 8. The van der Waals surface area contributed by atoms with Crippen LogP contribution in [0.4, 0.5) is 0 Å². The van der Waals surface area contributed by atoms with Gasteiger partial charge in [-0.25, -0.2) is 19.9 Å². The molecule has 0 spiro atoms. The molecular weight excluding hydrogens is 949 g/mol. The lowest BCUT2D eigenvalue weighted by molar-refractivity contribution is 1.18. The maximum atomic E-state index is 5.41. The van der Waals surface area contributed by atoms with Crippen molar-refractivity contribution in [3.05, 3.63) is 267 Å². The Kier molecular flexibility index (Phi) is 10.7. The van der Waals surface area contributed by atoms with E-state index in [4.69, 9.17) is 29.9 Å². The van der Waals surface area contributed by atoms with E-state index >= 15 is 0 Å². The fourth-order valence-corrected chi connectivity index (χ4v) is 11.2. The molecule has 0 aliphatic heterocycles. The summed E-state index contributed by atoms with van der Waals surface area (Å²) in [6.45, 7) is 0. The highest BCUT2D eigenvalue weighted by molar-refractivity contribution is 6.15. The van der Waals surface area contributed by atoms with Crippen LogP contribution in [0.15, 0.2) is 267 Å². The average Bonchev–Trinajstić information content (AvgIpc) is 3.60. The molecule has 4 heterocycles. The Bertz CT molecular complexity index is 4550. The normalized spacial score (nSPS) is 11.6. The Hall–Kier alpha value is -10.6. The van der Waals surface area contributed by atoms with Gasteiger partial charge in [-0.1, -0.05) is 200 Å². The summed E-state index contributed by atoms with van der Waals surface area (Å²) in [6, 6.07) is 89.6. The van der Waals surface area contributed by atoms with E-state index in [1.165, 1.54) is 21.5 Å². The van der Waals surface area contributed by atoms with Crippen LogP contribution < -0.4 is 0 Å². The first kappa shape index (κ1) is 44.9. The van der Waals surface area contributed by atoms with Crippen molar-refractivity contribution < 1.29 is 0 Å². The van der Waals surface area contributed by atoms with E-state index in [1.807, 2.05) is 36.7 Å². The SMILES string of the molecule is c1cc(-c2cc(-c3cc4ccccc4c4ccccc34)nc(-c3ccc(-c4cnc5ccccc5c4)cc3)n2)cc(-c2cc(-c3cc4ccccc4c4ccccc34)nc(-c3ccc(-c4cnc5ccccc5c4)cc3)n2)c1. The third-order valence-electron chi connectivity index (χ3n) is 15.1. The minimum absolute atomic E-state index is 0.631. The molecule has 0 aliphatic carbocycles. The van der Waals surface area contributed by atoms with Crippen LogP contribution in [0.25, 0.3) is 155 Å². The zero-order valence-electron chi connectivity index (χ0n) is 42.1. The van der Waals surface area contributed by atoms with Gasteiger partial charge in [-0.05, 0) is 109 Å². The van der Waals surface area contributed by atoms with E-state index in [0.29, 0.717) is 11.6 Å². The number of hydrogen-bond donors (Lipinski definition) is 0. The van der Waals surface area contributed by atoms with E-state index < -0.39 is 0 Å². The van der Waals surface area contributed by atoms with Crippen LogP contribution in [0.1, 0.15) is 0 Å². The lowest BCUT2D eigenvalue weighted by atomic mass is 9.94. The minimum atomic E-state index is 0.631. The Labute approximate surface area is 449 Å². The number of aromatic nitrogens is 6. The fourth-order valence-electron chi connectivity index (χ4n) is 11.2. The summed E-state index contributed by atoms with van der Waals surface area (Å²) in [6.07, 6.45) is 3.89. The van der Waals surface area contributed by atoms with Crippen molar-refractivity contribution in [3.8, 4) is 90.1 Å². The summed E-state index contributed by atoms with van der Waals surface area (Å²) >= 11 is 0. The topological polar surface area (TPSA) is 77.3 Å². The molecule has 0 N–H and O–H groups in total. The number of para-hydroxylation sites is 2. The van der Waals surface area contributed by atoms with Crippen LogP contribution >= 0.6 is 0 Å². The molecule has 0 radical (unpaired) electrons. The summed E-state index contributed by atoms with van der Waals surface area (Å²) in [4.78, 5) is 31.1. The van der Waals surface area contributed by atoms with Gasteiger partial charge in [-0.3, -0.25) is 9.97 Å². The van der Waals surface area contributed by atoms with Crippen LogP contribution in [0.3, 0.4) is 0 Å². The second-order valence-corrected chi connectivity index (χ2v) is 19.9. The quantitative estimate of drug-likeness (QED) is 0.141. The maximum Gasteiger partial charge on any atom is 0.160 e. The molecule has 15 aromatic rings. The lowest BCUT2D eigenvalue weighted by Crippen LogP contribution is -1.98. The summed E-state index contributed by atoms with van der Waals surface area (Å²) in [7, 11) is 0. The van der Waals surface area contributed by atoms with Gasteiger partial charge in [-0.2, -0.15) is 0 Å². The second-order valence-electron chi connectivity index (χ2n) is 19.9. The van der Waals surface area contributed by atoms with Crippen molar-refractivity contribution in [3.63, 3.8) is 0 Å². The van der Waals surface area contributed by atoms with E-state index in [0.717, 1.165) is 122 Å². The number of hydrogen-bond acceptors (Lipinski definition) is 6. The molecule has 6 nitrogen and oxygen atoms in total. The molecule has 11 aromatic carbocycles. The van der Waals surface area contributed by atoms with Gasteiger partial charge in [-0.15, -0.1) is 0 Å². The molecule has 4 aromatic heterocycles. The van der Waals surface area contributed by atoms with Gasteiger partial charge in [0, 0.05) is 67.7 Å². The van der Waals surface area contributed by atoms with Gasteiger partial charge in [0.2, 0.25) is 0 Å². The Balaban J connectivity index is 0.886. The van der Waals surface area contributed by atoms with E-state index in [2.05, 4.69) is 231 Å². The van der Waals surface area contributed by atoms with Crippen molar-refractivity contribution in [2.24, 2.45) is 0 Å². The predicted molar refractivity (Wildman–Crippen MR) is 322 cm³/mol. The summed E-state index contributed by atoms with van der Waals surface area (Å²) in [5.74, 6) is 1.26. The summed E-state index contributed by atoms with van der Waals surface area (Å²) in [5.41, 5.74) is 15.2. The van der Waals surface area contributed by atoms with Crippen LogP contribution in [-0.2, 0) is 0 Å². The standard InChI is InChI=1S/C72H44N6/c1-5-20-57-49(14-1)39-63(61-24-9-7-22-59(57)61)69-41-67(75-71(77-69)47-32-28-45(29-33-47)55-37-51-16-3-11-26-65(51)73-43-55)53-18-13-19-54(36-53)68-42-70(64-40-50-15-2-6-21-58(50)60-23-8-10-25-62(60)64)78-72(76-68)48-34-30-46(31-35-48)56-38-52-17-4-12-27-66(52)74-44-56/h1-44H. The van der Waals surface area contributed by atoms with Gasteiger partial charge >= 0.3 is 0 Å². The molecule has 0 saturated heterocycles. The third-order valence-corrected chi connectivity index (χ3v) is 15.1. The third kappa shape index (κ3) is 8.08. The molecule has 0 bridgehead atoms. The molecule has 78 heavy (non-hydrogen) atoms. The van der Waals surface area contributed by atoms with Crippen LogP contribution in [-0.4, -0.2) is 29.9 Å². The maximum absolute atomic E-state index is 5.41. The number of benzene rings is 11. The molecule has 15 rings (SSSR count). The molecule has 0 saturated carbocycles. The van der Waals surface area contributed by atoms with Gasteiger partial charge in [0.25, 0.3) is 0 Å². The van der Waals surface area contributed by atoms with Gasteiger partial charge in [0.1, 0.15) is 0 Å². The Morgan fingerprint density at radius 3 is 1.01 bits per heavy atom. The molecule has 0 aliphatic rings. The molecule has 0 fully saturated rings. The van der Waals surface area contributed by atoms with Crippen molar-refractivity contribution in [2.75, 3.05) is 0 Å². The molecule has 0 unspecified atom stereocenters. The van der Waals surface area contributed by atoms with Crippen molar-refractivity contribution in [1.82, 2.24) is 29.9 Å². The van der Waals surface area contributed by atoms with Crippen molar-refractivity contribution in [1.29, 1.82) is 0 Å². The van der Waals surface area contributed by atoms with Gasteiger partial charge in [0.15, 0.2) is 11.6 Å². The van der Waals surface area contributed by atoms with Crippen LogP contribution in [0.2, 0.25) is 0 Å². The first-order valence-corrected chi connectivity index (χ1v) is 26.2. The smallest absolute Gasteiger partial charge is 0.160 e. The zero-order chi connectivity index (χ0) is 51.5. The van der Waals surface area contributed by atoms with Gasteiger partial charge < -0.3 is 0 Å². The second kappa shape index (κ2) is 18.7. The average molecular weight is 993 g/mol. The number of pyridine rings is 2. The van der Waals surface area contributed by atoms with E-state index in [1.54, 1.807) is 0 Å². The van der Waals surface area contributed by atoms with Gasteiger partial charge in [0.05, 0.1) is 33.8 Å². The highest BCUT2D eigenvalue weighted by atomic mass is 14.9. The van der Waals surface area contributed by atoms with E-state index in [-0.39, 0.29) is 0 Å². The molecular formula is C72H44N6. The van der Waals surface area contributed by atoms with Crippen LogP contribution in [0, 0.1) is 0 Å². The first-order valence-electron chi connectivity index (χ1n) is 26.2. The highest BCUT2D eigenvalue weighted by Gasteiger charge is 2.19. The summed E-state index contributed by atoms with van der Waals surface area (Å²) < 4.78 is 0. The Morgan fingerprint density at radius 2 is 0.564 bits per heavy atom. The molecule has 362 valence electrons. The number of nitrogens with zero attached hydrogens (tertiary/aromatic N) is 6. The number of rotatable bonds is 8. The Morgan fingerprint density at radius 1 is 0.205 bits per heavy atom. The predicted octanol–water partition coefficient (Wildman–Crippen LogP) is 18.3. The van der Waals surface area contributed by atoms with E-state index in [9.17, 15) is 0 Å². The first-order chi connectivity index (χ1) is 38.6.